The van der Waals surface area contributed by atoms with Crippen LogP contribution in [0, 0.1) is 13.8 Å². The Labute approximate surface area is 234 Å². The van der Waals surface area contributed by atoms with E-state index in [0.717, 1.165) is 0 Å². The van der Waals surface area contributed by atoms with E-state index in [-0.39, 0.29) is 51.0 Å². The van der Waals surface area contributed by atoms with E-state index in [1.165, 1.54) is 54.2 Å². The molecule has 6 rings (SSSR count). The van der Waals surface area contributed by atoms with Gasteiger partial charge in [-0.25, -0.2) is 0 Å². The standard InChI is InChI=1S/C30H26Si.2ClH.Zr/c1-19-17-23-15-13-21-9-5-7-11-25(21)27(23)29(19)31(3,4)30-20(2)18-24-16-14-22-10-6-8-12-26(22)28(24)30;;;/h5-18H,1-4H3;2*1H;/q-2;;;+4/p-2. The first-order valence-corrected chi connectivity index (χ1v) is 14.1. The van der Waals surface area contributed by atoms with E-state index in [1.807, 2.05) is 0 Å². The summed E-state index contributed by atoms with van der Waals surface area (Å²) in [5.74, 6) is 0. The summed E-state index contributed by atoms with van der Waals surface area (Å²) in [6, 6.07) is 31.7. The molecule has 0 radical (unpaired) electrons. The molecule has 0 bridgehead atoms. The first-order valence-electron chi connectivity index (χ1n) is 11.1. The largest absolute Gasteiger partial charge is 4.00 e. The maximum absolute atomic E-state index is 2.56. The molecule has 0 spiro atoms. The quantitative estimate of drug-likeness (QED) is 0.215. The molecule has 168 valence electrons. The molecule has 4 heteroatoms. The zero-order valence-corrected chi connectivity index (χ0v) is 24.8. The SMILES string of the molecule is Cc1[cH-]c2ccc3ccccc3c2c1[Si](C)(C)c1c(C)[cH-]c2ccc3ccccc3c12.[Cl-].[Cl-].[Zr+4]. The fourth-order valence-electron chi connectivity index (χ4n) is 6.12. The normalized spacial score (nSPS) is 11.4. The minimum Gasteiger partial charge on any atom is -1.00 e. The zero-order valence-electron chi connectivity index (χ0n) is 19.8. The van der Waals surface area contributed by atoms with Gasteiger partial charge >= 0.3 is 26.2 Å². The zero-order chi connectivity index (χ0) is 21.3. The molecule has 0 aliphatic heterocycles. The minimum absolute atomic E-state index is 0. The summed E-state index contributed by atoms with van der Waals surface area (Å²) in [6.45, 7) is 9.75. The van der Waals surface area contributed by atoms with Crippen LogP contribution in [-0.2, 0) is 26.2 Å². The van der Waals surface area contributed by atoms with Gasteiger partial charge in [0.2, 0.25) is 0 Å². The molecule has 0 nitrogen and oxygen atoms in total. The average Bonchev–Trinajstić information content (AvgIpc) is 3.30. The van der Waals surface area contributed by atoms with Crippen molar-refractivity contribution in [3.05, 3.63) is 96.1 Å². The maximum Gasteiger partial charge on any atom is 4.00 e. The van der Waals surface area contributed by atoms with Gasteiger partial charge in [-0.2, -0.15) is 10.4 Å². The van der Waals surface area contributed by atoms with Crippen molar-refractivity contribution >= 4 is 61.5 Å². The second-order valence-electron chi connectivity index (χ2n) is 9.53. The second-order valence-corrected chi connectivity index (χ2v) is 13.8. The van der Waals surface area contributed by atoms with Gasteiger partial charge in [-0.15, -0.1) is 56.9 Å². The number of benzene rings is 4. The van der Waals surface area contributed by atoms with Crippen molar-refractivity contribution in [2.45, 2.75) is 26.9 Å². The molecule has 6 aromatic rings. The van der Waals surface area contributed by atoms with Crippen LogP contribution in [0.5, 0.6) is 0 Å². The van der Waals surface area contributed by atoms with Gasteiger partial charge in [0.1, 0.15) is 0 Å². The van der Waals surface area contributed by atoms with Crippen molar-refractivity contribution in [2.75, 3.05) is 0 Å². The molecule has 0 fully saturated rings. The summed E-state index contributed by atoms with van der Waals surface area (Å²) in [4.78, 5) is 0. The Hall–Kier alpha value is -1.70. The number of aryl methyl sites for hydroxylation is 2. The number of rotatable bonds is 2. The minimum atomic E-state index is -2.00. The summed E-state index contributed by atoms with van der Waals surface area (Å²) < 4.78 is 0. The van der Waals surface area contributed by atoms with Crippen LogP contribution in [0.4, 0.5) is 0 Å². The molecule has 0 saturated carbocycles. The van der Waals surface area contributed by atoms with Gasteiger partial charge in [0, 0.05) is 8.07 Å². The number of hydrogen-bond acceptors (Lipinski definition) is 0. The van der Waals surface area contributed by atoms with Crippen molar-refractivity contribution in [2.24, 2.45) is 0 Å². The third-order valence-electron chi connectivity index (χ3n) is 7.21. The predicted molar refractivity (Wildman–Crippen MR) is 140 cm³/mol. The molecule has 0 atom stereocenters. The fraction of sp³-hybridized carbons (Fsp3) is 0.133. The molecule has 34 heavy (non-hydrogen) atoms. The van der Waals surface area contributed by atoms with Crippen LogP contribution in [0.15, 0.2) is 84.9 Å². The molecular formula is C30H26Cl2SiZr. The Morgan fingerprint density at radius 1 is 0.559 bits per heavy atom. The predicted octanol–water partition coefficient (Wildman–Crippen LogP) is 1.18. The molecule has 0 aromatic heterocycles. The van der Waals surface area contributed by atoms with E-state index in [1.54, 1.807) is 10.4 Å². The molecule has 6 aromatic carbocycles. The Morgan fingerprint density at radius 3 is 1.35 bits per heavy atom. The summed E-state index contributed by atoms with van der Waals surface area (Å²) in [5, 5.41) is 14.4. The van der Waals surface area contributed by atoms with Gasteiger partial charge in [-0.3, -0.25) is 0 Å². The van der Waals surface area contributed by atoms with Crippen molar-refractivity contribution in [3.63, 3.8) is 0 Å². The van der Waals surface area contributed by atoms with Gasteiger partial charge in [0.25, 0.3) is 0 Å². The average molecular weight is 577 g/mol. The Balaban J connectivity index is 0.00000108. The number of halogens is 2. The molecule has 0 saturated heterocycles. The van der Waals surface area contributed by atoms with E-state index in [2.05, 4.69) is 112 Å². The Morgan fingerprint density at radius 2 is 0.941 bits per heavy atom. The van der Waals surface area contributed by atoms with Gasteiger partial charge in [-0.1, -0.05) is 98.4 Å². The van der Waals surface area contributed by atoms with E-state index < -0.39 is 8.07 Å². The molecule has 0 heterocycles. The van der Waals surface area contributed by atoms with Gasteiger partial charge in [0.05, 0.1) is 0 Å². The van der Waals surface area contributed by atoms with Crippen LogP contribution >= 0.6 is 0 Å². The first kappa shape index (κ1) is 26.9. The summed E-state index contributed by atoms with van der Waals surface area (Å²) in [6.07, 6.45) is 0. The Bertz CT molecular complexity index is 1520. The van der Waals surface area contributed by atoms with Gasteiger partial charge < -0.3 is 24.8 Å². The summed E-state index contributed by atoms with van der Waals surface area (Å²) in [5.41, 5.74) is 2.88. The van der Waals surface area contributed by atoms with Crippen molar-refractivity contribution in [3.8, 4) is 0 Å². The molecule has 0 aliphatic carbocycles. The monoisotopic (exact) mass is 574 g/mol. The van der Waals surface area contributed by atoms with E-state index in [0.29, 0.717) is 0 Å². The topological polar surface area (TPSA) is 0 Å². The van der Waals surface area contributed by atoms with Crippen LogP contribution in [0.2, 0.25) is 13.1 Å². The molecule has 0 N–H and O–H groups in total. The maximum atomic E-state index is 2.56. The van der Waals surface area contributed by atoms with Crippen LogP contribution < -0.4 is 35.2 Å². The van der Waals surface area contributed by atoms with Crippen LogP contribution in [0.25, 0.3) is 43.1 Å². The Kier molecular flexibility index (Phi) is 7.71. The third-order valence-corrected chi connectivity index (χ3v) is 11.0. The molecular weight excluding hydrogens is 551 g/mol. The summed E-state index contributed by atoms with van der Waals surface area (Å²) >= 11 is 0. The molecule has 0 unspecified atom stereocenters. The van der Waals surface area contributed by atoms with Crippen LogP contribution in [-0.4, -0.2) is 8.07 Å². The van der Waals surface area contributed by atoms with Crippen LogP contribution in [0.3, 0.4) is 0 Å². The van der Waals surface area contributed by atoms with Gasteiger partial charge in [-0.05, 0) is 10.8 Å². The first-order chi connectivity index (χ1) is 15.0. The van der Waals surface area contributed by atoms with E-state index in [9.17, 15) is 0 Å². The van der Waals surface area contributed by atoms with E-state index in [4.69, 9.17) is 0 Å². The van der Waals surface area contributed by atoms with Crippen molar-refractivity contribution in [1.29, 1.82) is 0 Å². The number of fused-ring (bicyclic) bond motifs is 6. The van der Waals surface area contributed by atoms with E-state index >= 15 is 0 Å². The fourth-order valence-corrected chi connectivity index (χ4v) is 10.3. The molecule has 0 amide bonds. The molecule has 0 aliphatic rings. The number of hydrogen-bond donors (Lipinski definition) is 0. The smallest absolute Gasteiger partial charge is 1.00 e. The third kappa shape index (κ3) is 3.84. The van der Waals surface area contributed by atoms with Crippen molar-refractivity contribution < 1.29 is 51.0 Å². The van der Waals surface area contributed by atoms with Crippen LogP contribution in [0.1, 0.15) is 11.1 Å². The summed E-state index contributed by atoms with van der Waals surface area (Å²) in [7, 11) is -2.00. The van der Waals surface area contributed by atoms with Crippen molar-refractivity contribution in [1.82, 2.24) is 0 Å². The second kappa shape index (κ2) is 9.75. The van der Waals surface area contributed by atoms with Gasteiger partial charge in [0.15, 0.2) is 0 Å².